The lowest BCUT2D eigenvalue weighted by Gasteiger charge is -2.17. The third kappa shape index (κ3) is 2.92. The zero-order valence-corrected chi connectivity index (χ0v) is 11.8. The fourth-order valence-corrected chi connectivity index (χ4v) is 2.47. The van der Waals surface area contributed by atoms with Crippen molar-refractivity contribution < 1.29 is 14.0 Å². The van der Waals surface area contributed by atoms with Gasteiger partial charge in [-0.15, -0.1) is 0 Å². The number of carbonyl (C=O) groups is 2. The zero-order chi connectivity index (χ0) is 14.8. The molecule has 5 nitrogen and oxygen atoms in total. The molecule has 1 atom stereocenters. The minimum atomic E-state index is -0.309. The summed E-state index contributed by atoms with van der Waals surface area (Å²) in [6, 6.07) is 10.1. The number of amides is 2. The monoisotopic (exact) mass is 304 g/mol. The Labute approximate surface area is 126 Å². The van der Waals surface area contributed by atoms with Gasteiger partial charge in [-0.1, -0.05) is 11.6 Å². The van der Waals surface area contributed by atoms with Crippen LogP contribution < -0.4 is 10.2 Å². The summed E-state index contributed by atoms with van der Waals surface area (Å²) < 4.78 is 5.03. The van der Waals surface area contributed by atoms with Crippen molar-refractivity contribution in [3.8, 4) is 0 Å². The number of furan rings is 1. The van der Waals surface area contributed by atoms with E-state index in [9.17, 15) is 9.59 Å². The highest BCUT2D eigenvalue weighted by Gasteiger charge is 2.32. The maximum atomic E-state index is 12.1. The Kier molecular flexibility index (Phi) is 3.66. The van der Waals surface area contributed by atoms with Gasteiger partial charge in [0, 0.05) is 23.7 Å². The van der Waals surface area contributed by atoms with Crippen molar-refractivity contribution in [3.05, 3.63) is 53.4 Å². The lowest BCUT2D eigenvalue weighted by atomic mass is 10.2. The number of carbonyl (C=O) groups excluding carboxylic acids is 2. The second kappa shape index (κ2) is 5.61. The molecule has 1 saturated heterocycles. The van der Waals surface area contributed by atoms with Crippen LogP contribution in [-0.4, -0.2) is 24.4 Å². The standard InChI is InChI=1S/C15H13ClN2O3/c16-10-3-5-12(6-4-10)18-9-11(8-14(18)19)17-15(20)13-2-1-7-21-13/h1-7,11H,8-9H2,(H,17,20). The van der Waals surface area contributed by atoms with Crippen molar-refractivity contribution >= 4 is 29.1 Å². The molecule has 1 unspecified atom stereocenters. The van der Waals surface area contributed by atoms with E-state index >= 15 is 0 Å². The molecule has 1 aliphatic rings. The minimum absolute atomic E-state index is 0.0259. The lowest BCUT2D eigenvalue weighted by molar-refractivity contribution is -0.117. The van der Waals surface area contributed by atoms with E-state index in [-0.39, 0.29) is 30.0 Å². The van der Waals surface area contributed by atoms with Crippen LogP contribution in [-0.2, 0) is 4.79 Å². The maximum absolute atomic E-state index is 12.1. The van der Waals surface area contributed by atoms with Gasteiger partial charge in [0.05, 0.1) is 12.3 Å². The molecule has 1 aromatic carbocycles. The van der Waals surface area contributed by atoms with Crippen molar-refractivity contribution in [1.29, 1.82) is 0 Å². The van der Waals surface area contributed by atoms with Crippen molar-refractivity contribution in [2.45, 2.75) is 12.5 Å². The number of halogens is 1. The Hall–Kier alpha value is -2.27. The van der Waals surface area contributed by atoms with Crippen LogP contribution in [0.5, 0.6) is 0 Å². The molecule has 108 valence electrons. The van der Waals surface area contributed by atoms with Crippen LogP contribution in [0.15, 0.2) is 47.1 Å². The first-order valence-electron chi connectivity index (χ1n) is 6.54. The number of benzene rings is 1. The molecule has 0 radical (unpaired) electrons. The molecule has 1 aliphatic heterocycles. The number of hydrogen-bond donors (Lipinski definition) is 1. The molecular formula is C15H13ClN2O3. The van der Waals surface area contributed by atoms with E-state index in [0.29, 0.717) is 11.6 Å². The highest BCUT2D eigenvalue weighted by atomic mass is 35.5. The molecule has 0 saturated carbocycles. The highest BCUT2D eigenvalue weighted by molar-refractivity contribution is 6.30. The predicted octanol–water partition coefficient (Wildman–Crippen LogP) is 2.47. The summed E-state index contributed by atoms with van der Waals surface area (Å²) in [5.41, 5.74) is 0.777. The van der Waals surface area contributed by atoms with Gasteiger partial charge in [0.2, 0.25) is 5.91 Å². The lowest BCUT2D eigenvalue weighted by Crippen LogP contribution is -2.37. The molecular weight excluding hydrogens is 292 g/mol. The zero-order valence-electron chi connectivity index (χ0n) is 11.1. The third-order valence-corrected chi connectivity index (χ3v) is 3.60. The number of anilines is 1. The Morgan fingerprint density at radius 3 is 2.71 bits per heavy atom. The van der Waals surface area contributed by atoms with Crippen molar-refractivity contribution in [1.82, 2.24) is 5.32 Å². The smallest absolute Gasteiger partial charge is 0.287 e. The molecule has 0 bridgehead atoms. The molecule has 2 amide bonds. The van der Waals surface area contributed by atoms with Crippen LogP contribution in [0.3, 0.4) is 0 Å². The van der Waals surface area contributed by atoms with E-state index in [1.54, 1.807) is 41.3 Å². The van der Waals surface area contributed by atoms with Gasteiger partial charge in [0.15, 0.2) is 5.76 Å². The first-order valence-corrected chi connectivity index (χ1v) is 6.91. The largest absolute Gasteiger partial charge is 0.459 e. The average Bonchev–Trinajstić information content (AvgIpc) is 3.10. The van der Waals surface area contributed by atoms with Crippen LogP contribution in [0.25, 0.3) is 0 Å². The Bertz CT molecular complexity index is 652. The fourth-order valence-electron chi connectivity index (χ4n) is 2.34. The van der Waals surface area contributed by atoms with Crippen LogP contribution in [0.1, 0.15) is 17.0 Å². The van der Waals surface area contributed by atoms with Gasteiger partial charge >= 0.3 is 0 Å². The Balaban J connectivity index is 1.67. The summed E-state index contributed by atoms with van der Waals surface area (Å²) in [5.74, 6) is -0.0924. The van der Waals surface area contributed by atoms with Crippen LogP contribution in [0, 0.1) is 0 Å². The first kappa shape index (κ1) is 13.7. The summed E-state index contributed by atoms with van der Waals surface area (Å²) >= 11 is 5.84. The molecule has 0 spiro atoms. The maximum Gasteiger partial charge on any atom is 0.287 e. The summed E-state index contributed by atoms with van der Waals surface area (Å²) in [6.45, 7) is 0.437. The molecule has 3 rings (SSSR count). The Morgan fingerprint density at radius 2 is 2.05 bits per heavy atom. The van der Waals surface area contributed by atoms with Gasteiger partial charge in [0.1, 0.15) is 0 Å². The summed E-state index contributed by atoms with van der Waals surface area (Å²) in [5, 5.41) is 3.42. The summed E-state index contributed by atoms with van der Waals surface area (Å²) in [7, 11) is 0. The fraction of sp³-hybridized carbons (Fsp3) is 0.200. The van der Waals surface area contributed by atoms with Crippen molar-refractivity contribution in [2.24, 2.45) is 0 Å². The number of rotatable bonds is 3. The quantitative estimate of drug-likeness (QED) is 0.947. The molecule has 2 aromatic rings. The Morgan fingerprint density at radius 1 is 1.29 bits per heavy atom. The number of hydrogen-bond acceptors (Lipinski definition) is 3. The first-order chi connectivity index (χ1) is 10.1. The molecule has 1 fully saturated rings. The third-order valence-electron chi connectivity index (χ3n) is 3.34. The van der Waals surface area contributed by atoms with E-state index in [0.717, 1.165) is 5.69 Å². The number of nitrogens with one attached hydrogen (secondary N) is 1. The summed E-state index contributed by atoms with van der Waals surface area (Å²) in [4.78, 5) is 25.6. The molecule has 1 N–H and O–H groups in total. The van der Waals surface area contributed by atoms with Crippen LogP contribution in [0.2, 0.25) is 5.02 Å². The van der Waals surface area contributed by atoms with E-state index in [1.165, 1.54) is 6.26 Å². The highest BCUT2D eigenvalue weighted by Crippen LogP contribution is 2.23. The molecule has 1 aromatic heterocycles. The van der Waals surface area contributed by atoms with E-state index in [4.69, 9.17) is 16.0 Å². The molecule has 21 heavy (non-hydrogen) atoms. The van der Waals surface area contributed by atoms with Crippen LogP contribution in [0.4, 0.5) is 5.69 Å². The normalized spacial score (nSPS) is 18.0. The van der Waals surface area contributed by atoms with Gasteiger partial charge < -0.3 is 14.6 Å². The van der Waals surface area contributed by atoms with Gasteiger partial charge in [-0.2, -0.15) is 0 Å². The second-order valence-corrected chi connectivity index (χ2v) is 5.27. The summed E-state index contributed by atoms with van der Waals surface area (Å²) in [6.07, 6.45) is 1.71. The second-order valence-electron chi connectivity index (χ2n) is 4.83. The van der Waals surface area contributed by atoms with E-state index in [2.05, 4.69) is 5.32 Å². The molecule has 2 heterocycles. The number of nitrogens with zero attached hydrogens (tertiary/aromatic N) is 1. The van der Waals surface area contributed by atoms with E-state index < -0.39 is 0 Å². The van der Waals surface area contributed by atoms with Gasteiger partial charge in [-0.05, 0) is 36.4 Å². The minimum Gasteiger partial charge on any atom is -0.459 e. The average molecular weight is 305 g/mol. The van der Waals surface area contributed by atoms with Gasteiger partial charge in [-0.3, -0.25) is 9.59 Å². The van der Waals surface area contributed by atoms with Crippen molar-refractivity contribution in [3.63, 3.8) is 0 Å². The predicted molar refractivity (Wildman–Crippen MR) is 78.4 cm³/mol. The topological polar surface area (TPSA) is 62.6 Å². The van der Waals surface area contributed by atoms with Crippen LogP contribution >= 0.6 is 11.6 Å². The SMILES string of the molecule is O=C(NC1CC(=O)N(c2ccc(Cl)cc2)C1)c1ccco1. The molecule has 0 aliphatic carbocycles. The van der Waals surface area contributed by atoms with Crippen molar-refractivity contribution in [2.75, 3.05) is 11.4 Å². The molecule has 6 heteroatoms. The van der Waals surface area contributed by atoms with Gasteiger partial charge in [-0.25, -0.2) is 0 Å². The van der Waals surface area contributed by atoms with E-state index in [1.807, 2.05) is 0 Å². The van der Waals surface area contributed by atoms with Gasteiger partial charge in [0.25, 0.3) is 5.91 Å².